The lowest BCUT2D eigenvalue weighted by atomic mass is 10.1. The topological polar surface area (TPSA) is 124 Å². The Kier molecular flexibility index (Phi) is 9.61. The van der Waals surface area contributed by atoms with Crippen LogP contribution in [0.5, 0.6) is 17.2 Å². The Balaban J connectivity index is 1.58. The lowest BCUT2D eigenvalue weighted by Gasteiger charge is -2.16. The third kappa shape index (κ3) is 6.83. The van der Waals surface area contributed by atoms with Crippen molar-refractivity contribution >= 4 is 34.3 Å². The molecule has 0 aliphatic rings. The second kappa shape index (κ2) is 13.7. The third-order valence-electron chi connectivity index (χ3n) is 6.53. The number of tetrazole rings is 1. The number of hydrogen-bond acceptors (Lipinski definition) is 12. The van der Waals surface area contributed by atoms with Crippen molar-refractivity contribution in [2.45, 2.75) is 27.6 Å². The minimum absolute atomic E-state index is 0.288. The molecular weight excluding hydrogens is 585 g/mol. The number of ether oxygens (including phenoxy) is 3. The molecule has 0 saturated heterocycles. The number of benzene rings is 3. The summed E-state index contributed by atoms with van der Waals surface area (Å²) in [5, 5.41) is 26.4. The highest BCUT2D eigenvalue weighted by molar-refractivity contribution is 7.99. The van der Waals surface area contributed by atoms with Gasteiger partial charge in [0.25, 0.3) is 0 Å². The molecule has 3 aromatic carbocycles. The number of methoxy groups -OCH3 is 3. The number of nitrogens with zero attached hydrogens (tertiary/aromatic N) is 8. The van der Waals surface area contributed by atoms with E-state index < -0.39 is 0 Å². The molecule has 0 fully saturated rings. The molecule has 0 radical (unpaired) electrons. The van der Waals surface area contributed by atoms with Gasteiger partial charge in [-0.1, -0.05) is 54.2 Å². The van der Waals surface area contributed by atoms with E-state index in [0.717, 1.165) is 12.1 Å². The van der Waals surface area contributed by atoms with Crippen LogP contribution in [0.2, 0.25) is 0 Å². The first-order chi connectivity index (χ1) is 20.9. The first-order valence-corrected chi connectivity index (χ1v) is 15.1. The van der Waals surface area contributed by atoms with Crippen LogP contribution >= 0.6 is 23.5 Å². The van der Waals surface area contributed by atoms with Crippen LogP contribution in [0.1, 0.15) is 11.1 Å². The maximum atomic E-state index is 10.4. The fourth-order valence-electron chi connectivity index (χ4n) is 4.35. The zero-order chi connectivity index (χ0) is 30.3. The van der Waals surface area contributed by atoms with Gasteiger partial charge >= 0.3 is 0 Å². The van der Waals surface area contributed by atoms with Crippen LogP contribution in [0.4, 0.5) is 0 Å². The largest absolute Gasteiger partial charge is 0.493 e. The van der Waals surface area contributed by atoms with E-state index in [-0.39, 0.29) is 5.56 Å². The Morgan fingerprint density at radius 1 is 0.930 bits per heavy atom. The number of hydrogen-bond donors (Lipinski definition) is 0. The van der Waals surface area contributed by atoms with Gasteiger partial charge in [-0.05, 0) is 64.8 Å². The second-order valence-corrected chi connectivity index (χ2v) is 11.5. The van der Waals surface area contributed by atoms with Gasteiger partial charge in [-0.25, -0.2) is 14.6 Å². The molecule has 0 bridgehead atoms. The highest BCUT2D eigenvalue weighted by Crippen LogP contribution is 2.43. The summed E-state index contributed by atoms with van der Waals surface area (Å²) in [5.41, 5.74) is 2.48. The predicted octanol–water partition coefficient (Wildman–Crippen LogP) is 5.19. The summed E-state index contributed by atoms with van der Waals surface area (Å²) in [4.78, 5) is 11.7. The van der Waals surface area contributed by atoms with Gasteiger partial charge in [-0.15, -0.1) is 5.10 Å². The van der Waals surface area contributed by atoms with Gasteiger partial charge in [0.1, 0.15) is 16.7 Å². The molecule has 0 amide bonds. The number of rotatable bonds is 12. The van der Waals surface area contributed by atoms with Crippen molar-refractivity contribution < 1.29 is 14.2 Å². The molecule has 13 heteroatoms. The van der Waals surface area contributed by atoms with Crippen LogP contribution in [-0.2, 0) is 12.3 Å². The molecule has 0 N–H and O–H groups in total. The number of thioether (sulfide) groups is 1. The molecule has 11 nitrogen and oxygen atoms in total. The zero-order valence-electron chi connectivity index (χ0n) is 24.4. The van der Waals surface area contributed by atoms with E-state index in [2.05, 4.69) is 51.9 Å². The first kappa shape index (κ1) is 30.1. The Labute approximate surface area is 258 Å². The molecule has 0 aliphatic heterocycles. The molecular formula is C30H30N8O3S2. The van der Waals surface area contributed by atoms with Gasteiger partial charge in [0.15, 0.2) is 16.7 Å². The smallest absolute Gasteiger partial charge is 0.215 e. The number of nitriles is 1. The van der Waals surface area contributed by atoms with Crippen LogP contribution in [0.3, 0.4) is 0 Å². The third-order valence-corrected chi connectivity index (χ3v) is 8.42. The van der Waals surface area contributed by atoms with Gasteiger partial charge in [0, 0.05) is 17.9 Å². The molecule has 0 saturated carbocycles. The fourth-order valence-corrected chi connectivity index (χ4v) is 6.06. The molecule has 0 atom stereocenters. The minimum atomic E-state index is 0.288. The lowest BCUT2D eigenvalue weighted by Crippen LogP contribution is -2.19. The fraction of sp³-hybridized carbons (Fsp3) is 0.267. The second-order valence-electron chi connectivity index (χ2n) is 9.62. The standard InChI is InChI=1S/C30H30N8O3S2/c1-37(2)12-13-38-30(34-35-36-38)43-28-23(17-31)26(22-15-24(39-3)27(41-5)25(16-22)40-4)32-29(33-28)42-18-19-10-11-20-8-6-7-9-21(20)14-19/h6-11,14-16H,12-13,18H2,1-5H3. The first-order valence-electron chi connectivity index (χ1n) is 13.3. The normalized spacial score (nSPS) is 11.1. The van der Waals surface area contributed by atoms with Crippen molar-refractivity contribution in [3.63, 3.8) is 0 Å². The molecule has 5 aromatic rings. The van der Waals surface area contributed by atoms with Crippen molar-refractivity contribution in [1.82, 2.24) is 35.1 Å². The molecule has 0 spiro atoms. The van der Waals surface area contributed by atoms with E-state index in [9.17, 15) is 5.26 Å². The van der Waals surface area contributed by atoms with E-state index in [0.29, 0.717) is 56.1 Å². The molecule has 220 valence electrons. The maximum Gasteiger partial charge on any atom is 0.215 e. The molecule has 2 aromatic heterocycles. The van der Waals surface area contributed by atoms with E-state index in [1.54, 1.807) is 38.1 Å². The predicted molar refractivity (Wildman–Crippen MR) is 166 cm³/mol. The van der Waals surface area contributed by atoms with Crippen LogP contribution in [0, 0.1) is 11.3 Å². The van der Waals surface area contributed by atoms with Crippen molar-refractivity contribution in [3.8, 4) is 34.6 Å². The summed E-state index contributed by atoms with van der Waals surface area (Å²) in [5.74, 6) is 1.98. The average molecular weight is 615 g/mol. The Morgan fingerprint density at radius 3 is 2.35 bits per heavy atom. The van der Waals surface area contributed by atoms with Crippen molar-refractivity contribution in [3.05, 3.63) is 65.7 Å². The Hall–Kier alpha value is -4.38. The summed E-state index contributed by atoms with van der Waals surface area (Å²) in [6.45, 7) is 1.33. The quantitative estimate of drug-likeness (QED) is 0.104. The molecule has 0 unspecified atom stereocenters. The van der Waals surface area contributed by atoms with Gasteiger partial charge in [-0.3, -0.25) is 0 Å². The van der Waals surface area contributed by atoms with Crippen molar-refractivity contribution in [1.29, 1.82) is 5.26 Å². The van der Waals surface area contributed by atoms with E-state index >= 15 is 0 Å². The Morgan fingerprint density at radius 2 is 1.67 bits per heavy atom. The SMILES string of the molecule is COc1cc(-c2nc(SCc3ccc4ccccc4c3)nc(Sc3nnnn3CCN(C)C)c2C#N)cc(OC)c1OC. The average Bonchev–Trinajstić information content (AvgIpc) is 3.48. The van der Waals surface area contributed by atoms with Gasteiger partial charge < -0.3 is 19.1 Å². The zero-order valence-corrected chi connectivity index (χ0v) is 26.1. The maximum absolute atomic E-state index is 10.4. The lowest BCUT2D eigenvalue weighted by molar-refractivity contribution is 0.324. The molecule has 0 aliphatic carbocycles. The summed E-state index contributed by atoms with van der Waals surface area (Å²) < 4.78 is 18.4. The summed E-state index contributed by atoms with van der Waals surface area (Å²) in [6.07, 6.45) is 0. The molecule has 5 rings (SSSR count). The van der Waals surface area contributed by atoms with Crippen LogP contribution in [-0.4, -0.2) is 77.0 Å². The molecule has 43 heavy (non-hydrogen) atoms. The van der Waals surface area contributed by atoms with Crippen LogP contribution in [0.25, 0.3) is 22.0 Å². The number of fused-ring (bicyclic) bond motifs is 1. The number of likely N-dealkylation sites (N-methyl/N-ethyl adjacent to an activating group) is 1. The van der Waals surface area contributed by atoms with E-state index in [4.69, 9.17) is 24.2 Å². The highest BCUT2D eigenvalue weighted by Gasteiger charge is 2.23. The summed E-state index contributed by atoms with van der Waals surface area (Å²) in [6, 6.07) is 20.5. The minimum Gasteiger partial charge on any atom is -0.493 e. The monoisotopic (exact) mass is 614 g/mol. The summed E-state index contributed by atoms with van der Waals surface area (Å²) in [7, 11) is 8.61. The summed E-state index contributed by atoms with van der Waals surface area (Å²) >= 11 is 2.72. The van der Waals surface area contributed by atoms with Crippen LogP contribution < -0.4 is 14.2 Å². The van der Waals surface area contributed by atoms with Crippen LogP contribution in [0.15, 0.2) is 69.9 Å². The van der Waals surface area contributed by atoms with Crippen molar-refractivity contribution in [2.24, 2.45) is 0 Å². The molecule has 2 heterocycles. The highest BCUT2D eigenvalue weighted by atomic mass is 32.2. The number of aromatic nitrogens is 6. The van der Waals surface area contributed by atoms with E-state index in [1.165, 1.54) is 34.3 Å². The van der Waals surface area contributed by atoms with Crippen molar-refractivity contribution in [2.75, 3.05) is 42.0 Å². The Bertz CT molecular complexity index is 1760. The van der Waals surface area contributed by atoms with Gasteiger partial charge in [-0.2, -0.15) is 5.26 Å². The van der Waals surface area contributed by atoms with Gasteiger partial charge in [0.05, 0.1) is 33.6 Å². The van der Waals surface area contributed by atoms with Gasteiger partial charge in [0.2, 0.25) is 10.9 Å². The van der Waals surface area contributed by atoms with E-state index in [1.807, 2.05) is 31.1 Å².